The molecule has 2 N–H and O–H groups in total. The molecule has 0 amide bonds. The van der Waals surface area contributed by atoms with Gasteiger partial charge in [-0.2, -0.15) is 0 Å². The molecule has 1 rings (SSSR count). The molecule has 5 heteroatoms. The van der Waals surface area contributed by atoms with Gasteiger partial charge in [0.2, 0.25) is 0 Å². The lowest BCUT2D eigenvalue weighted by atomic mass is 10.0. The molecule has 1 aliphatic rings. The average Bonchev–Trinajstić information content (AvgIpc) is 3.06. The Morgan fingerprint density at radius 3 is 2.39 bits per heavy atom. The van der Waals surface area contributed by atoms with Gasteiger partial charge in [0.25, 0.3) is 0 Å². The number of guanidine groups is 1. The lowest BCUT2D eigenvalue weighted by Crippen LogP contribution is -2.46. The molecule has 1 heterocycles. The van der Waals surface area contributed by atoms with Gasteiger partial charge in [-0.25, -0.2) is 0 Å². The third kappa shape index (κ3) is 7.53. The normalized spacial score (nSPS) is 19.1. The highest BCUT2D eigenvalue weighted by Gasteiger charge is 2.20. The minimum Gasteiger partial charge on any atom is -0.378 e. The number of aliphatic imine (C=N–C) groups is 1. The molecule has 2 atom stereocenters. The summed E-state index contributed by atoms with van der Waals surface area (Å²) < 4.78 is 5.80. The van der Waals surface area contributed by atoms with Crippen LogP contribution in [0, 0.1) is 5.92 Å². The van der Waals surface area contributed by atoms with Crippen LogP contribution in [0.1, 0.15) is 53.4 Å². The predicted molar refractivity (Wildman–Crippen MR) is 99.1 cm³/mol. The smallest absolute Gasteiger partial charge is 0.191 e. The molecule has 2 unspecified atom stereocenters. The van der Waals surface area contributed by atoms with Gasteiger partial charge in [-0.1, -0.05) is 20.8 Å². The van der Waals surface area contributed by atoms with Crippen LogP contribution in [-0.2, 0) is 4.74 Å². The van der Waals surface area contributed by atoms with Crippen LogP contribution in [0.3, 0.4) is 0 Å². The first-order valence-electron chi connectivity index (χ1n) is 9.42. The molecule has 0 aromatic rings. The van der Waals surface area contributed by atoms with Gasteiger partial charge in [0.05, 0.1) is 6.10 Å². The van der Waals surface area contributed by atoms with Crippen molar-refractivity contribution < 1.29 is 4.74 Å². The molecule has 1 saturated heterocycles. The van der Waals surface area contributed by atoms with Gasteiger partial charge < -0.3 is 15.4 Å². The monoisotopic (exact) mass is 326 g/mol. The molecule has 0 aliphatic carbocycles. The maximum absolute atomic E-state index is 5.80. The van der Waals surface area contributed by atoms with E-state index in [2.05, 4.69) is 48.2 Å². The molecular formula is C18H38N4O. The van der Waals surface area contributed by atoms with Crippen molar-refractivity contribution in [2.24, 2.45) is 10.9 Å². The Bertz CT molecular complexity index is 327. The summed E-state index contributed by atoms with van der Waals surface area (Å²) in [5.74, 6) is 1.45. The number of nitrogens with zero attached hydrogens (tertiary/aromatic N) is 2. The Kier molecular flexibility index (Phi) is 10.3. The second-order valence-electron chi connectivity index (χ2n) is 6.71. The quantitative estimate of drug-likeness (QED) is 0.478. The molecule has 1 aliphatic heterocycles. The van der Waals surface area contributed by atoms with Crippen molar-refractivity contribution in [2.75, 3.05) is 39.8 Å². The maximum atomic E-state index is 5.80. The first kappa shape index (κ1) is 20.2. The topological polar surface area (TPSA) is 48.9 Å². The molecule has 0 spiro atoms. The number of hydrogen-bond acceptors (Lipinski definition) is 3. The van der Waals surface area contributed by atoms with Crippen molar-refractivity contribution in [3.05, 3.63) is 0 Å². The Morgan fingerprint density at radius 1 is 1.17 bits per heavy atom. The van der Waals surface area contributed by atoms with Gasteiger partial charge in [0.15, 0.2) is 5.96 Å². The van der Waals surface area contributed by atoms with Gasteiger partial charge in [0.1, 0.15) is 0 Å². The van der Waals surface area contributed by atoms with Crippen LogP contribution in [0.15, 0.2) is 4.99 Å². The number of hydrogen-bond donors (Lipinski definition) is 2. The third-order valence-corrected chi connectivity index (χ3v) is 4.70. The van der Waals surface area contributed by atoms with Crippen molar-refractivity contribution in [1.29, 1.82) is 0 Å². The second-order valence-corrected chi connectivity index (χ2v) is 6.71. The lowest BCUT2D eigenvalue weighted by molar-refractivity contribution is 0.0258. The van der Waals surface area contributed by atoms with E-state index in [1.165, 1.54) is 32.4 Å². The predicted octanol–water partition coefficient (Wildman–Crippen LogP) is 2.48. The molecule has 0 radical (unpaired) electrons. The first-order valence-corrected chi connectivity index (χ1v) is 9.42. The van der Waals surface area contributed by atoms with Crippen molar-refractivity contribution in [3.63, 3.8) is 0 Å². The van der Waals surface area contributed by atoms with E-state index in [4.69, 9.17) is 4.74 Å². The van der Waals surface area contributed by atoms with Gasteiger partial charge in [-0.15, -0.1) is 0 Å². The molecule has 5 nitrogen and oxygen atoms in total. The summed E-state index contributed by atoms with van der Waals surface area (Å²) in [6.45, 7) is 13.9. The number of nitrogens with one attached hydrogen (secondary N) is 2. The minimum absolute atomic E-state index is 0.318. The fourth-order valence-corrected chi connectivity index (χ4v) is 3.23. The van der Waals surface area contributed by atoms with E-state index in [0.29, 0.717) is 18.1 Å². The van der Waals surface area contributed by atoms with Crippen molar-refractivity contribution in [2.45, 2.75) is 65.5 Å². The highest BCUT2D eigenvalue weighted by atomic mass is 16.5. The number of likely N-dealkylation sites (tertiary alicyclic amines) is 1. The zero-order chi connectivity index (χ0) is 17.1. The Morgan fingerprint density at radius 2 is 1.87 bits per heavy atom. The van der Waals surface area contributed by atoms with E-state index in [1.54, 1.807) is 0 Å². The summed E-state index contributed by atoms with van der Waals surface area (Å²) in [6.07, 6.45) is 5.20. The lowest BCUT2D eigenvalue weighted by Gasteiger charge is -2.27. The van der Waals surface area contributed by atoms with Crippen LogP contribution >= 0.6 is 0 Å². The van der Waals surface area contributed by atoms with Crippen LogP contribution in [-0.4, -0.2) is 62.8 Å². The van der Waals surface area contributed by atoms with Crippen LogP contribution in [0.25, 0.3) is 0 Å². The Hall–Kier alpha value is -0.810. The Labute approximate surface area is 143 Å². The van der Waals surface area contributed by atoms with Gasteiger partial charge in [0, 0.05) is 32.8 Å². The summed E-state index contributed by atoms with van der Waals surface area (Å²) in [5, 5.41) is 6.91. The fraction of sp³-hybridized carbons (Fsp3) is 0.944. The van der Waals surface area contributed by atoms with Gasteiger partial charge in [-0.05, 0) is 51.6 Å². The number of rotatable bonds is 10. The summed E-state index contributed by atoms with van der Waals surface area (Å²) in [6, 6.07) is 0.614. The van der Waals surface area contributed by atoms with Gasteiger partial charge >= 0.3 is 0 Å². The summed E-state index contributed by atoms with van der Waals surface area (Å²) in [5.41, 5.74) is 0. The minimum atomic E-state index is 0.318. The maximum Gasteiger partial charge on any atom is 0.191 e. The first-order chi connectivity index (χ1) is 11.1. The zero-order valence-electron chi connectivity index (χ0n) is 15.9. The molecule has 0 aromatic heterocycles. The third-order valence-electron chi connectivity index (χ3n) is 4.70. The van der Waals surface area contributed by atoms with Crippen LogP contribution in [0.2, 0.25) is 0 Å². The summed E-state index contributed by atoms with van der Waals surface area (Å²) in [7, 11) is 1.84. The van der Waals surface area contributed by atoms with Crippen molar-refractivity contribution in [3.8, 4) is 0 Å². The van der Waals surface area contributed by atoms with E-state index in [0.717, 1.165) is 32.1 Å². The average molecular weight is 327 g/mol. The molecule has 23 heavy (non-hydrogen) atoms. The summed E-state index contributed by atoms with van der Waals surface area (Å²) in [4.78, 5) is 6.95. The van der Waals surface area contributed by atoms with E-state index in [-0.39, 0.29) is 0 Å². The summed E-state index contributed by atoms with van der Waals surface area (Å²) >= 11 is 0. The second kappa shape index (κ2) is 11.7. The van der Waals surface area contributed by atoms with Crippen molar-refractivity contribution in [1.82, 2.24) is 15.5 Å². The van der Waals surface area contributed by atoms with E-state index >= 15 is 0 Å². The van der Waals surface area contributed by atoms with Gasteiger partial charge in [-0.3, -0.25) is 9.89 Å². The molecule has 136 valence electrons. The standard InChI is InChI=1S/C18H38N4O/c1-6-16(22-12-8-9-13-22)14-21-18(19-5)20-11-10-17(15(3)4)23-7-2/h15-17H,6-14H2,1-5H3,(H2,19,20,21). The van der Waals surface area contributed by atoms with E-state index < -0.39 is 0 Å². The van der Waals surface area contributed by atoms with Crippen molar-refractivity contribution >= 4 is 5.96 Å². The van der Waals surface area contributed by atoms with E-state index in [1.807, 2.05) is 7.05 Å². The van der Waals surface area contributed by atoms with Crippen LogP contribution in [0.4, 0.5) is 0 Å². The highest BCUT2D eigenvalue weighted by molar-refractivity contribution is 5.79. The SMILES string of the molecule is CCOC(CCNC(=NC)NCC(CC)N1CCCC1)C(C)C. The largest absolute Gasteiger partial charge is 0.378 e. The molecule has 0 aromatic carbocycles. The Balaban J connectivity index is 2.30. The number of ether oxygens (including phenoxy) is 1. The molecular weight excluding hydrogens is 288 g/mol. The molecule has 1 fully saturated rings. The highest BCUT2D eigenvalue weighted by Crippen LogP contribution is 2.13. The van der Waals surface area contributed by atoms with E-state index in [9.17, 15) is 0 Å². The zero-order valence-corrected chi connectivity index (χ0v) is 15.9. The molecule has 0 saturated carbocycles. The van der Waals surface area contributed by atoms with Crippen LogP contribution in [0.5, 0.6) is 0 Å². The fourth-order valence-electron chi connectivity index (χ4n) is 3.23. The molecule has 0 bridgehead atoms. The van der Waals surface area contributed by atoms with Crippen LogP contribution < -0.4 is 10.6 Å².